The van der Waals surface area contributed by atoms with Crippen molar-refractivity contribution < 1.29 is 9.59 Å². The maximum Gasteiger partial charge on any atom is 0.242 e. The minimum absolute atomic E-state index is 0.00963. The summed E-state index contributed by atoms with van der Waals surface area (Å²) in [5.41, 5.74) is -0.566. The molecule has 0 aromatic rings. The molecule has 6 heteroatoms. The standard InChI is InChI=1S/C13H26N4O2/c1-13(2,17-8-6-14-7-9-17)12(19)16(5)10-11(18)15(3)4/h14H,6-10H2,1-5H3. The van der Waals surface area contributed by atoms with Crippen LogP contribution in [0.4, 0.5) is 0 Å². The molecule has 1 aliphatic heterocycles. The molecule has 1 aliphatic rings. The monoisotopic (exact) mass is 270 g/mol. The normalized spacial score (nSPS) is 17.1. The van der Waals surface area contributed by atoms with Crippen molar-refractivity contribution in [2.45, 2.75) is 19.4 Å². The lowest BCUT2D eigenvalue weighted by atomic mass is 9.99. The Bertz CT molecular complexity index is 336. The molecule has 0 spiro atoms. The Labute approximate surface area is 115 Å². The molecule has 19 heavy (non-hydrogen) atoms. The molecule has 1 rings (SSSR count). The maximum atomic E-state index is 12.5. The first-order valence-corrected chi connectivity index (χ1v) is 6.68. The van der Waals surface area contributed by atoms with Crippen LogP contribution in [0, 0.1) is 0 Å². The molecule has 0 radical (unpaired) electrons. The lowest BCUT2D eigenvalue weighted by Crippen LogP contribution is -2.60. The van der Waals surface area contributed by atoms with E-state index in [1.54, 1.807) is 21.1 Å². The number of nitrogens with one attached hydrogen (secondary N) is 1. The molecule has 1 N–H and O–H groups in total. The Kier molecular flexibility index (Phi) is 5.31. The SMILES string of the molecule is CN(C)C(=O)CN(C)C(=O)C(C)(C)N1CCNCC1. The van der Waals surface area contributed by atoms with Crippen molar-refractivity contribution in [2.24, 2.45) is 0 Å². The van der Waals surface area contributed by atoms with E-state index in [1.165, 1.54) is 9.80 Å². The van der Waals surface area contributed by atoms with Crippen LogP contribution in [0.1, 0.15) is 13.8 Å². The highest BCUT2D eigenvalue weighted by molar-refractivity contribution is 5.89. The zero-order valence-corrected chi connectivity index (χ0v) is 12.7. The number of carbonyl (C=O) groups excluding carboxylic acids is 2. The van der Waals surface area contributed by atoms with Gasteiger partial charge in [0.25, 0.3) is 0 Å². The van der Waals surface area contributed by atoms with Crippen LogP contribution in [0.25, 0.3) is 0 Å². The van der Waals surface area contributed by atoms with Crippen molar-refractivity contribution in [1.29, 1.82) is 0 Å². The van der Waals surface area contributed by atoms with Crippen LogP contribution in [0.5, 0.6) is 0 Å². The number of hydrogen-bond donors (Lipinski definition) is 1. The second-order valence-corrected chi connectivity index (χ2v) is 5.75. The van der Waals surface area contributed by atoms with Crippen LogP contribution in [0.15, 0.2) is 0 Å². The molecule has 0 aromatic heterocycles. The van der Waals surface area contributed by atoms with E-state index in [0.717, 1.165) is 26.2 Å². The number of amides is 2. The molecule has 0 aliphatic carbocycles. The van der Waals surface area contributed by atoms with Crippen molar-refractivity contribution in [3.8, 4) is 0 Å². The predicted molar refractivity (Wildman–Crippen MR) is 74.9 cm³/mol. The van der Waals surface area contributed by atoms with Crippen molar-refractivity contribution in [2.75, 3.05) is 53.9 Å². The first-order valence-electron chi connectivity index (χ1n) is 6.68. The Morgan fingerprint density at radius 1 is 1.16 bits per heavy atom. The molecular formula is C13H26N4O2. The Hall–Kier alpha value is -1.14. The van der Waals surface area contributed by atoms with E-state index in [0.29, 0.717) is 0 Å². The zero-order valence-electron chi connectivity index (χ0n) is 12.7. The summed E-state index contributed by atoms with van der Waals surface area (Å²) < 4.78 is 0. The third-order valence-electron chi connectivity index (χ3n) is 3.65. The van der Waals surface area contributed by atoms with Gasteiger partial charge < -0.3 is 15.1 Å². The first kappa shape index (κ1) is 15.9. The summed E-state index contributed by atoms with van der Waals surface area (Å²) in [5, 5.41) is 3.27. The van der Waals surface area contributed by atoms with Crippen LogP contribution in [-0.4, -0.2) is 85.9 Å². The van der Waals surface area contributed by atoms with Crippen LogP contribution in [0.3, 0.4) is 0 Å². The third kappa shape index (κ3) is 3.91. The van der Waals surface area contributed by atoms with Gasteiger partial charge in [0.15, 0.2) is 0 Å². The molecular weight excluding hydrogens is 244 g/mol. The van der Waals surface area contributed by atoms with E-state index < -0.39 is 5.54 Å². The fraction of sp³-hybridized carbons (Fsp3) is 0.846. The van der Waals surface area contributed by atoms with Gasteiger partial charge in [-0.1, -0.05) is 0 Å². The van der Waals surface area contributed by atoms with Crippen LogP contribution in [-0.2, 0) is 9.59 Å². The summed E-state index contributed by atoms with van der Waals surface area (Å²) in [7, 11) is 5.08. The molecule has 0 saturated carbocycles. The molecule has 0 bridgehead atoms. The lowest BCUT2D eigenvalue weighted by Gasteiger charge is -2.41. The van der Waals surface area contributed by atoms with Gasteiger partial charge in [-0.3, -0.25) is 14.5 Å². The summed E-state index contributed by atoms with van der Waals surface area (Å²) in [4.78, 5) is 29.4. The highest BCUT2D eigenvalue weighted by Gasteiger charge is 2.37. The van der Waals surface area contributed by atoms with Crippen molar-refractivity contribution in [1.82, 2.24) is 20.0 Å². The molecule has 1 fully saturated rings. The molecule has 1 heterocycles. The summed E-state index contributed by atoms with van der Waals surface area (Å²) >= 11 is 0. The second kappa shape index (κ2) is 6.34. The van der Waals surface area contributed by atoms with Gasteiger partial charge in [0.05, 0.1) is 12.1 Å². The summed E-state index contributed by atoms with van der Waals surface area (Å²) in [5.74, 6) is -0.0726. The van der Waals surface area contributed by atoms with Gasteiger partial charge in [0.1, 0.15) is 0 Å². The highest BCUT2D eigenvalue weighted by Crippen LogP contribution is 2.17. The molecule has 1 saturated heterocycles. The Balaban J connectivity index is 2.65. The molecule has 6 nitrogen and oxygen atoms in total. The van der Waals surface area contributed by atoms with E-state index in [-0.39, 0.29) is 18.4 Å². The van der Waals surface area contributed by atoms with Gasteiger partial charge in [0.2, 0.25) is 11.8 Å². The number of carbonyl (C=O) groups is 2. The molecule has 0 aromatic carbocycles. The van der Waals surface area contributed by atoms with Crippen molar-refractivity contribution in [3.05, 3.63) is 0 Å². The second-order valence-electron chi connectivity index (χ2n) is 5.75. The predicted octanol–water partition coefficient (Wildman–Crippen LogP) is -0.783. The van der Waals surface area contributed by atoms with E-state index in [9.17, 15) is 9.59 Å². The van der Waals surface area contributed by atoms with Gasteiger partial charge in [-0.05, 0) is 13.8 Å². The van der Waals surface area contributed by atoms with Crippen LogP contribution >= 0.6 is 0 Å². The van der Waals surface area contributed by atoms with Crippen molar-refractivity contribution >= 4 is 11.8 Å². The third-order valence-corrected chi connectivity index (χ3v) is 3.65. The van der Waals surface area contributed by atoms with E-state index in [4.69, 9.17) is 0 Å². The smallest absolute Gasteiger partial charge is 0.242 e. The van der Waals surface area contributed by atoms with Crippen LogP contribution < -0.4 is 5.32 Å². The quantitative estimate of drug-likeness (QED) is 0.728. The summed E-state index contributed by atoms with van der Waals surface area (Å²) in [6, 6.07) is 0. The lowest BCUT2D eigenvalue weighted by molar-refractivity contribution is -0.146. The molecule has 0 atom stereocenters. The first-order chi connectivity index (χ1) is 8.76. The topological polar surface area (TPSA) is 55.9 Å². The fourth-order valence-corrected chi connectivity index (χ4v) is 2.24. The molecule has 2 amide bonds. The van der Waals surface area contributed by atoms with E-state index in [2.05, 4.69) is 10.2 Å². The fourth-order valence-electron chi connectivity index (χ4n) is 2.24. The van der Waals surface area contributed by atoms with E-state index >= 15 is 0 Å². The number of rotatable bonds is 4. The number of hydrogen-bond acceptors (Lipinski definition) is 4. The molecule has 110 valence electrons. The van der Waals surface area contributed by atoms with Gasteiger partial charge >= 0.3 is 0 Å². The number of nitrogens with zero attached hydrogens (tertiary/aromatic N) is 3. The molecule has 0 unspecified atom stereocenters. The average Bonchev–Trinajstić information content (AvgIpc) is 2.38. The number of piperazine rings is 1. The summed E-state index contributed by atoms with van der Waals surface area (Å²) in [6.45, 7) is 7.49. The number of likely N-dealkylation sites (N-methyl/N-ethyl adjacent to an activating group) is 2. The average molecular weight is 270 g/mol. The van der Waals surface area contributed by atoms with Crippen LogP contribution in [0.2, 0.25) is 0 Å². The summed E-state index contributed by atoms with van der Waals surface area (Å²) in [6.07, 6.45) is 0. The van der Waals surface area contributed by atoms with E-state index in [1.807, 2.05) is 13.8 Å². The van der Waals surface area contributed by atoms with Gasteiger partial charge in [-0.25, -0.2) is 0 Å². The zero-order chi connectivity index (χ0) is 14.6. The van der Waals surface area contributed by atoms with Gasteiger partial charge in [-0.2, -0.15) is 0 Å². The van der Waals surface area contributed by atoms with Crippen molar-refractivity contribution in [3.63, 3.8) is 0 Å². The largest absolute Gasteiger partial charge is 0.347 e. The minimum atomic E-state index is -0.566. The highest BCUT2D eigenvalue weighted by atomic mass is 16.2. The maximum absolute atomic E-state index is 12.5. The van der Waals surface area contributed by atoms with Gasteiger partial charge in [-0.15, -0.1) is 0 Å². The Morgan fingerprint density at radius 2 is 1.68 bits per heavy atom. The Morgan fingerprint density at radius 3 is 2.16 bits per heavy atom. The minimum Gasteiger partial charge on any atom is -0.347 e. The van der Waals surface area contributed by atoms with Gasteiger partial charge in [0, 0.05) is 47.3 Å².